The number of nitrogens with one attached hydrogen (secondary N) is 1. The molecule has 0 saturated heterocycles. The molecule has 8 nitrogen and oxygen atoms in total. The van der Waals surface area contributed by atoms with Crippen LogP contribution >= 0.6 is 0 Å². The molecule has 1 heterocycles. The van der Waals surface area contributed by atoms with E-state index in [1.165, 1.54) is 40.6 Å². The van der Waals surface area contributed by atoms with Gasteiger partial charge in [-0.1, -0.05) is 0 Å². The zero-order chi connectivity index (χ0) is 21.4. The Hall–Kier alpha value is -3.42. The first kappa shape index (κ1) is 21.9. The Bertz CT molecular complexity index is 924. The first-order valence-corrected chi connectivity index (χ1v) is 8.94. The van der Waals surface area contributed by atoms with Crippen molar-refractivity contribution in [3.63, 3.8) is 0 Å². The summed E-state index contributed by atoms with van der Waals surface area (Å²) in [7, 11) is 6.10. The van der Waals surface area contributed by atoms with E-state index in [2.05, 4.69) is 5.32 Å². The molecule has 0 unspecified atom stereocenters. The maximum atomic E-state index is 12.1. The molecule has 0 atom stereocenters. The monoisotopic (exact) mass is 402 g/mol. The van der Waals surface area contributed by atoms with Crippen LogP contribution < -0.4 is 29.8 Å². The summed E-state index contributed by atoms with van der Waals surface area (Å²) in [6.45, 7) is 2.49. The molecule has 0 fully saturated rings. The van der Waals surface area contributed by atoms with Crippen molar-refractivity contribution in [2.45, 2.75) is 13.5 Å². The molecular formula is C21H26N2O6. The van der Waals surface area contributed by atoms with Gasteiger partial charge in [0.1, 0.15) is 5.75 Å². The molecule has 1 aromatic carbocycles. The zero-order valence-electron chi connectivity index (χ0n) is 17.3. The van der Waals surface area contributed by atoms with Gasteiger partial charge in [-0.15, -0.1) is 0 Å². The fourth-order valence-electron chi connectivity index (χ4n) is 2.82. The van der Waals surface area contributed by atoms with Crippen molar-refractivity contribution >= 4 is 12.0 Å². The van der Waals surface area contributed by atoms with E-state index >= 15 is 0 Å². The predicted molar refractivity (Wildman–Crippen MR) is 110 cm³/mol. The van der Waals surface area contributed by atoms with Gasteiger partial charge in [0.2, 0.25) is 11.7 Å². The van der Waals surface area contributed by atoms with Gasteiger partial charge in [0.05, 0.1) is 28.4 Å². The van der Waals surface area contributed by atoms with Gasteiger partial charge in [-0.3, -0.25) is 9.59 Å². The zero-order valence-corrected chi connectivity index (χ0v) is 17.3. The molecule has 0 bridgehead atoms. The Balaban J connectivity index is 2.01. The maximum Gasteiger partial charge on any atom is 0.254 e. The maximum absolute atomic E-state index is 12.1. The molecular weight excluding hydrogens is 376 g/mol. The first-order valence-electron chi connectivity index (χ1n) is 8.94. The van der Waals surface area contributed by atoms with Gasteiger partial charge in [0.15, 0.2) is 11.5 Å². The highest BCUT2D eigenvalue weighted by Gasteiger charge is 2.12. The Labute approximate surface area is 169 Å². The van der Waals surface area contributed by atoms with Crippen molar-refractivity contribution in [3.8, 4) is 23.0 Å². The van der Waals surface area contributed by atoms with E-state index in [1.807, 2.05) is 6.92 Å². The van der Waals surface area contributed by atoms with Crippen molar-refractivity contribution in [2.24, 2.45) is 0 Å². The van der Waals surface area contributed by atoms with Gasteiger partial charge in [0.25, 0.3) is 5.56 Å². The number of aromatic nitrogens is 1. The van der Waals surface area contributed by atoms with E-state index in [1.54, 1.807) is 28.8 Å². The van der Waals surface area contributed by atoms with Crippen molar-refractivity contribution < 1.29 is 23.7 Å². The molecule has 156 valence electrons. The molecule has 0 saturated carbocycles. The lowest BCUT2D eigenvalue weighted by Gasteiger charge is -2.13. The van der Waals surface area contributed by atoms with Crippen LogP contribution in [0.1, 0.15) is 11.3 Å². The number of pyridine rings is 1. The normalized spacial score (nSPS) is 10.7. The van der Waals surface area contributed by atoms with Crippen LogP contribution in [0.5, 0.6) is 23.0 Å². The molecule has 2 rings (SSSR count). The van der Waals surface area contributed by atoms with E-state index in [-0.39, 0.29) is 11.5 Å². The van der Waals surface area contributed by atoms with Crippen LogP contribution in [-0.2, 0) is 11.3 Å². The lowest BCUT2D eigenvalue weighted by atomic mass is 10.1. The minimum absolute atomic E-state index is 0.177. The van der Waals surface area contributed by atoms with Crippen molar-refractivity contribution in [1.82, 2.24) is 9.88 Å². The third-order valence-corrected chi connectivity index (χ3v) is 4.29. The summed E-state index contributed by atoms with van der Waals surface area (Å²) in [5.41, 5.74) is 1.30. The number of carbonyl (C=O) groups excluding carboxylic acids is 1. The van der Waals surface area contributed by atoms with Crippen molar-refractivity contribution in [1.29, 1.82) is 0 Å². The summed E-state index contributed by atoms with van der Waals surface area (Å²) in [5.74, 6) is 1.72. The van der Waals surface area contributed by atoms with Crippen molar-refractivity contribution in [3.05, 3.63) is 52.0 Å². The van der Waals surface area contributed by atoms with Gasteiger partial charge >= 0.3 is 0 Å². The smallest absolute Gasteiger partial charge is 0.254 e. The molecule has 1 amide bonds. The third-order valence-electron chi connectivity index (χ3n) is 4.29. The summed E-state index contributed by atoms with van der Waals surface area (Å²) in [6, 6.07) is 6.67. The summed E-state index contributed by atoms with van der Waals surface area (Å²) >= 11 is 0. The van der Waals surface area contributed by atoms with Crippen LogP contribution in [0.2, 0.25) is 0 Å². The molecule has 1 N–H and O–H groups in total. The van der Waals surface area contributed by atoms with Crippen LogP contribution in [0.3, 0.4) is 0 Å². The largest absolute Gasteiger partial charge is 0.496 e. The first-order chi connectivity index (χ1) is 13.9. The van der Waals surface area contributed by atoms with Gasteiger partial charge in [-0.05, 0) is 36.8 Å². The molecule has 0 spiro atoms. The molecule has 2 aromatic rings. The highest BCUT2D eigenvalue weighted by atomic mass is 16.5. The molecule has 0 radical (unpaired) electrons. The topological polar surface area (TPSA) is 88.0 Å². The number of hydrogen-bond acceptors (Lipinski definition) is 6. The van der Waals surface area contributed by atoms with Gasteiger partial charge in [0, 0.05) is 30.9 Å². The average Bonchev–Trinajstić information content (AvgIpc) is 2.72. The number of amides is 1. The quantitative estimate of drug-likeness (QED) is 0.646. The van der Waals surface area contributed by atoms with E-state index in [9.17, 15) is 9.59 Å². The Morgan fingerprint density at radius 3 is 2.17 bits per heavy atom. The Morgan fingerprint density at radius 2 is 1.66 bits per heavy atom. The summed E-state index contributed by atoms with van der Waals surface area (Å²) in [5, 5.41) is 2.76. The molecule has 1 aromatic heterocycles. The summed E-state index contributed by atoms with van der Waals surface area (Å²) in [6.07, 6.45) is 3.05. The minimum Gasteiger partial charge on any atom is -0.496 e. The molecule has 29 heavy (non-hydrogen) atoms. The van der Waals surface area contributed by atoms with E-state index in [4.69, 9.17) is 18.9 Å². The third kappa shape index (κ3) is 5.54. The van der Waals surface area contributed by atoms with Crippen LogP contribution in [0, 0.1) is 6.92 Å². The lowest BCUT2D eigenvalue weighted by molar-refractivity contribution is -0.116. The minimum atomic E-state index is -0.280. The lowest BCUT2D eigenvalue weighted by Crippen LogP contribution is -2.30. The molecule has 0 aliphatic heterocycles. The number of carbonyl (C=O) groups is 1. The Morgan fingerprint density at radius 1 is 1.00 bits per heavy atom. The van der Waals surface area contributed by atoms with Gasteiger partial charge in [-0.2, -0.15) is 0 Å². The van der Waals surface area contributed by atoms with Crippen LogP contribution in [0.15, 0.2) is 35.1 Å². The van der Waals surface area contributed by atoms with Gasteiger partial charge < -0.3 is 28.8 Å². The van der Waals surface area contributed by atoms with Crippen molar-refractivity contribution in [2.75, 3.05) is 35.0 Å². The van der Waals surface area contributed by atoms with Crippen LogP contribution in [0.25, 0.3) is 6.08 Å². The second-order valence-electron chi connectivity index (χ2n) is 6.11. The number of benzene rings is 1. The summed E-state index contributed by atoms with van der Waals surface area (Å²) in [4.78, 5) is 24.2. The van der Waals surface area contributed by atoms with E-state index < -0.39 is 0 Å². The number of aryl methyl sites for hydroxylation is 1. The molecule has 0 aliphatic rings. The van der Waals surface area contributed by atoms with E-state index in [0.717, 1.165) is 11.3 Å². The van der Waals surface area contributed by atoms with Crippen LogP contribution in [0.4, 0.5) is 0 Å². The molecule has 0 aliphatic carbocycles. The highest BCUT2D eigenvalue weighted by molar-refractivity contribution is 5.91. The van der Waals surface area contributed by atoms with Gasteiger partial charge in [-0.25, -0.2) is 0 Å². The number of hydrogen-bond donors (Lipinski definition) is 1. The summed E-state index contributed by atoms with van der Waals surface area (Å²) < 4.78 is 22.5. The van der Waals surface area contributed by atoms with E-state index in [0.29, 0.717) is 36.1 Å². The highest BCUT2D eigenvalue weighted by Crippen LogP contribution is 2.38. The number of methoxy groups -OCH3 is 4. The molecule has 8 heteroatoms. The number of ether oxygens (including phenoxy) is 4. The average molecular weight is 402 g/mol. The van der Waals surface area contributed by atoms with Crippen LogP contribution in [-0.4, -0.2) is 45.5 Å². The second-order valence-corrected chi connectivity index (χ2v) is 6.11. The predicted octanol–water partition coefficient (Wildman–Crippen LogP) is 2.02. The fraction of sp³-hybridized carbons (Fsp3) is 0.333. The standard InChI is InChI=1S/C21H26N2O6/c1-14-10-16(26-2)13-20(25)23(14)9-8-22-19(24)7-6-15-11-17(27-3)21(29-5)18(12-15)28-4/h6-7,10-13H,8-9H2,1-5H3,(H,22,24)/b7-6+. The second kappa shape index (κ2) is 10.2. The Kier molecular flexibility index (Phi) is 7.70. The number of rotatable bonds is 9. The fourth-order valence-corrected chi connectivity index (χ4v) is 2.82. The SMILES string of the molecule is COc1cc(C)n(CCNC(=O)/C=C/c2cc(OC)c(OC)c(OC)c2)c(=O)c1. The number of nitrogens with zero attached hydrogens (tertiary/aromatic N) is 1.